The number of nitrogens with one attached hydrogen (secondary N) is 1. The van der Waals surface area contributed by atoms with E-state index in [-0.39, 0.29) is 18.8 Å². The van der Waals surface area contributed by atoms with Crippen LogP contribution < -0.4 is 10.1 Å². The van der Waals surface area contributed by atoms with Gasteiger partial charge in [0.15, 0.2) is 0 Å². The number of nitrogens with zero attached hydrogens (tertiary/aromatic N) is 3. The van der Waals surface area contributed by atoms with Crippen LogP contribution >= 0.6 is 0 Å². The largest absolute Gasteiger partial charge is 0.471 e. The minimum Gasteiger partial charge on any atom is -0.471 e. The summed E-state index contributed by atoms with van der Waals surface area (Å²) in [6.45, 7) is 10.9. The van der Waals surface area contributed by atoms with Crippen molar-refractivity contribution in [3.8, 4) is 17.1 Å². The maximum absolute atomic E-state index is 14.0. The van der Waals surface area contributed by atoms with Crippen molar-refractivity contribution in [1.29, 1.82) is 0 Å². The molecule has 3 aromatic rings. The lowest BCUT2D eigenvalue weighted by Crippen LogP contribution is -2.58. The van der Waals surface area contributed by atoms with Crippen molar-refractivity contribution in [2.75, 3.05) is 20.3 Å². The maximum atomic E-state index is 14.0. The minimum absolute atomic E-state index is 0.0288. The number of rotatable bonds is 12. The smallest absolute Gasteiger partial charge is 0.328 e. The topological polar surface area (TPSA) is 123 Å². The van der Waals surface area contributed by atoms with Gasteiger partial charge in [-0.2, -0.15) is 8.78 Å². The fraction of sp³-hybridized carbons (Fsp3) is 0.394. The second-order valence-electron chi connectivity index (χ2n) is 11.8. The third kappa shape index (κ3) is 8.07. The number of ether oxygens (including phenoxy) is 3. The Kier molecular flexibility index (Phi) is 10.3. The number of esters is 1. The number of amides is 1. The van der Waals surface area contributed by atoms with Crippen LogP contribution in [-0.2, 0) is 19.1 Å². The highest BCUT2D eigenvalue weighted by atomic mass is 19.3. The number of hydrogen-bond donors (Lipinski definition) is 2. The molecule has 10 nitrogen and oxygen atoms in total. The van der Waals surface area contributed by atoms with Crippen LogP contribution in [0.25, 0.3) is 28.4 Å². The number of likely N-dealkylation sites (tertiary alicyclic amines) is 1. The highest BCUT2D eigenvalue weighted by molar-refractivity contribution is 5.89. The van der Waals surface area contributed by atoms with E-state index in [0.717, 1.165) is 11.1 Å². The molecule has 1 aromatic heterocycles. The number of aliphatic hydroxyl groups is 1. The van der Waals surface area contributed by atoms with Gasteiger partial charge in [-0.05, 0) is 35.3 Å². The highest BCUT2D eigenvalue weighted by Crippen LogP contribution is 2.33. The molecule has 1 aliphatic heterocycles. The molecule has 1 amide bonds. The van der Waals surface area contributed by atoms with E-state index in [4.69, 9.17) is 24.2 Å². The van der Waals surface area contributed by atoms with Crippen molar-refractivity contribution in [1.82, 2.24) is 20.2 Å². The first-order valence-corrected chi connectivity index (χ1v) is 14.4. The van der Waals surface area contributed by atoms with Gasteiger partial charge in [-0.3, -0.25) is 10.1 Å². The van der Waals surface area contributed by atoms with Crippen molar-refractivity contribution in [3.63, 3.8) is 0 Å². The number of para-hydroxylation sites is 2. The minimum atomic E-state index is -3.38. The Bertz CT molecular complexity index is 1560. The summed E-state index contributed by atoms with van der Waals surface area (Å²) in [6, 6.07) is 12.7. The second kappa shape index (κ2) is 13.8. The Hall–Kier alpha value is -4.26. The molecule has 240 valence electrons. The number of benzene rings is 2. The van der Waals surface area contributed by atoms with Crippen molar-refractivity contribution >= 4 is 29.0 Å². The Labute approximate surface area is 260 Å². The van der Waals surface area contributed by atoms with E-state index < -0.39 is 54.4 Å². The summed E-state index contributed by atoms with van der Waals surface area (Å²) in [5.41, 5.74) is 2.50. The van der Waals surface area contributed by atoms with Crippen molar-refractivity contribution < 1.29 is 37.7 Å². The third-order valence-electron chi connectivity index (χ3n) is 7.39. The molecule has 2 aromatic carbocycles. The van der Waals surface area contributed by atoms with Crippen molar-refractivity contribution in [2.45, 2.75) is 57.7 Å². The Morgan fingerprint density at radius 1 is 1.13 bits per heavy atom. The molecule has 0 bridgehead atoms. The van der Waals surface area contributed by atoms with E-state index >= 15 is 0 Å². The summed E-state index contributed by atoms with van der Waals surface area (Å²) >= 11 is 0. The van der Waals surface area contributed by atoms with E-state index in [1.807, 2.05) is 42.5 Å². The fourth-order valence-electron chi connectivity index (χ4n) is 5.01. The molecule has 2 heterocycles. The number of methoxy groups -OCH3 is 1. The molecule has 0 aliphatic carbocycles. The van der Waals surface area contributed by atoms with Gasteiger partial charge in [-0.15, -0.1) is 0 Å². The average Bonchev–Trinajstić information content (AvgIpc) is 3.45. The van der Waals surface area contributed by atoms with Crippen LogP contribution in [0.2, 0.25) is 0 Å². The molecule has 1 saturated heterocycles. The number of alkyl halides is 2. The summed E-state index contributed by atoms with van der Waals surface area (Å²) in [4.78, 5) is 37.7. The molecule has 2 N–H and O–H groups in total. The normalized spacial score (nSPS) is 18.3. The molecule has 4 rings (SSSR count). The standard InChI is InChI=1S/C33H38F2N4O6/c1-7-20-12-11-13-21(16-20)26-28(37-24-15-10-9-14-23(24)36-26)45-22-17-25(30(41)43-6)39(18-22)29(40)27(32(3,4)5)38-31(42)44-19-33(34,35)8-2/h7-16,22,25,27,31,38,42H,1-2,17-19H2,3-6H3/t22-,25+,27-,31?/m1/s1. The predicted octanol–water partition coefficient (Wildman–Crippen LogP) is 4.58. The van der Waals surface area contributed by atoms with Gasteiger partial charge in [0.25, 0.3) is 5.92 Å². The average molecular weight is 625 g/mol. The molecule has 0 saturated carbocycles. The molecule has 1 unspecified atom stereocenters. The van der Waals surface area contributed by atoms with Crippen LogP contribution in [0, 0.1) is 5.41 Å². The molecule has 0 spiro atoms. The van der Waals surface area contributed by atoms with Gasteiger partial charge in [0, 0.05) is 12.0 Å². The van der Waals surface area contributed by atoms with Crippen LogP contribution in [0.5, 0.6) is 5.88 Å². The van der Waals surface area contributed by atoms with E-state index in [0.29, 0.717) is 22.8 Å². The van der Waals surface area contributed by atoms with Crippen molar-refractivity contribution in [3.05, 3.63) is 73.3 Å². The van der Waals surface area contributed by atoms with Crippen LogP contribution in [0.1, 0.15) is 32.8 Å². The van der Waals surface area contributed by atoms with Crippen LogP contribution in [0.4, 0.5) is 8.78 Å². The van der Waals surface area contributed by atoms with Gasteiger partial charge in [0.1, 0.15) is 24.4 Å². The monoisotopic (exact) mass is 624 g/mol. The molecule has 0 radical (unpaired) electrons. The van der Waals surface area contributed by atoms with E-state index in [1.54, 1.807) is 32.9 Å². The Balaban J connectivity index is 1.63. The maximum Gasteiger partial charge on any atom is 0.328 e. The summed E-state index contributed by atoms with van der Waals surface area (Å²) in [7, 11) is 1.22. The molecule has 1 aliphatic rings. The number of carbonyl (C=O) groups excluding carboxylic acids is 2. The van der Waals surface area contributed by atoms with Crippen LogP contribution in [0.3, 0.4) is 0 Å². The van der Waals surface area contributed by atoms with Gasteiger partial charge in [0.2, 0.25) is 18.2 Å². The summed E-state index contributed by atoms with van der Waals surface area (Å²) < 4.78 is 43.5. The Morgan fingerprint density at radius 2 is 1.82 bits per heavy atom. The summed E-state index contributed by atoms with van der Waals surface area (Å²) in [5.74, 6) is -4.40. The molecular weight excluding hydrogens is 586 g/mol. The van der Waals surface area contributed by atoms with Crippen molar-refractivity contribution in [2.24, 2.45) is 5.41 Å². The van der Waals surface area contributed by atoms with E-state index in [1.165, 1.54) is 12.0 Å². The first-order valence-electron chi connectivity index (χ1n) is 14.4. The Morgan fingerprint density at radius 3 is 2.44 bits per heavy atom. The predicted molar refractivity (Wildman–Crippen MR) is 165 cm³/mol. The van der Waals surface area contributed by atoms with E-state index in [2.05, 4.69) is 18.5 Å². The first-order chi connectivity index (χ1) is 21.3. The SMILES string of the molecule is C=Cc1cccc(-c2nc3ccccc3nc2O[C@@H]2C[C@@H](C(=O)OC)N(C(=O)[C@@H](NC(O)OCC(F)(F)C=C)C(C)(C)C)C2)c1. The summed E-state index contributed by atoms with van der Waals surface area (Å²) in [6.07, 6.45) is -0.397. The number of hydrogen-bond acceptors (Lipinski definition) is 9. The molecule has 12 heteroatoms. The zero-order valence-corrected chi connectivity index (χ0v) is 25.7. The van der Waals surface area contributed by atoms with Gasteiger partial charge in [0.05, 0.1) is 30.7 Å². The lowest BCUT2D eigenvalue weighted by Gasteiger charge is -2.36. The first kappa shape index (κ1) is 33.6. The van der Waals surface area contributed by atoms with Gasteiger partial charge < -0.3 is 24.2 Å². The van der Waals surface area contributed by atoms with Crippen LogP contribution in [-0.4, -0.2) is 82.6 Å². The van der Waals surface area contributed by atoms with Crippen LogP contribution in [0.15, 0.2) is 67.8 Å². The fourth-order valence-corrected chi connectivity index (χ4v) is 5.01. The lowest BCUT2D eigenvalue weighted by molar-refractivity contribution is -0.175. The molecular formula is C33H38F2N4O6. The van der Waals surface area contributed by atoms with Gasteiger partial charge >= 0.3 is 5.97 Å². The molecule has 1 fully saturated rings. The third-order valence-corrected chi connectivity index (χ3v) is 7.39. The second-order valence-corrected chi connectivity index (χ2v) is 11.8. The zero-order valence-electron chi connectivity index (χ0n) is 25.7. The number of halogens is 2. The number of carbonyl (C=O) groups is 2. The molecule has 4 atom stereocenters. The number of fused-ring (bicyclic) bond motifs is 1. The summed E-state index contributed by atoms with van der Waals surface area (Å²) in [5, 5.41) is 12.9. The van der Waals surface area contributed by atoms with Gasteiger partial charge in [-0.1, -0.05) is 70.3 Å². The van der Waals surface area contributed by atoms with E-state index in [9.17, 15) is 23.5 Å². The zero-order chi connectivity index (χ0) is 32.9. The van der Waals surface area contributed by atoms with Gasteiger partial charge in [-0.25, -0.2) is 14.8 Å². The lowest BCUT2D eigenvalue weighted by atomic mass is 9.85. The number of aliphatic hydroxyl groups excluding tert-OH is 1. The molecule has 45 heavy (non-hydrogen) atoms. The number of aromatic nitrogens is 2. The highest BCUT2D eigenvalue weighted by Gasteiger charge is 2.46. The quantitative estimate of drug-likeness (QED) is 0.169.